The first-order valence-electron chi connectivity index (χ1n) is 6.71. The summed E-state index contributed by atoms with van der Waals surface area (Å²) in [5, 5.41) is 6.35. The molecule has 1 amide bonds. The molecule has 0 saturated carbocycles. The number of carbonyl (C=O) groups excluding carboxylic acids is 2. The summed E-state index contributed by atoms with van der Waals surface area (Å²) in [7, 11) is 0. The third kappa shape index (κ3) is 4.15. The van der Waals surface area contributed by atoms with Crippen molar-refractivity contribution >= 4 is 17.6 Å². The fraction of sp³-hybridized carbons (Fsp3) is 0.267. The summed E-state index contributed by atoms with van der Waals surface area (Å²) in [6.45, 7) is 3.41. The Morgan fingerprint density at radius 2 is 2.23 bits per heavy atom. The Balaban J connectivity index is 2.04. The van der Waals surface area contributed by atoms with E-state index in [0.717, 1.165) is 6.07 Å². The Labute approximate surface area is 126 Å². The Bertz CT molecular complexity index is 671. The van der Waals surface area contributed by atoms with Crippen molar-refractivity contribution in [2.45, 2.75) is 26.5 Å². The summed E-state index contributed by atoms with van der Waals surface area (Å²) in [6.07, 6.45) is 2.99. The van der Waals surface area contributed by atoms with Crippen LogP contribution in [0.3, 0.4) is 0 Å². The van der Waals surface area contributed by atoms with Gasteiger partial charge in [-0.2, -0.15) is 5.10 Å². The standard InChI is InChI=1S/C15H16FN3O3/c1-10(9-19-7-3-6-17-19)22-15(21)12-4-5-13(16)14(8-12)18-11(2)20/h3-8,10H,9H2,1-2H3,(H,18,20)/t10-/m0/s1. The maximum Gasteiger partial charge on any atom is 0.338 e. The zero-order chi connectivity index (χ0) is 16.1. The molecule has 2 rings (SSSR count). The number of amides is 1. The smallest absolute Gasteiger partial charge is 0.338 e. The zero-order valence-electron chi connectivity index (χ0n) is 12.2. The van der Waals surface area contributed by atoms with Gasteiger partial charge < -0.3 is 10.1 Å². The normalized spacial score (nSPS) is 11.8. The Kier molecular flexibility index (Phi) is 4.88. The molecule has 0 unspecified atom stereocenters. The molecule has 0 saturated heterocycles. The second kappa shape index (κ2) is 6.84. The lowest BCUT2D eigenvalue weighted by molar-refractivity contribution is -0.114. The van der Waals surface area contributed by atoms with Gasteiger partial charge in [-0.3, -0.25) is 9.48 Å². The topological polar surface area (TPSA) is 73.2 Å². The molecule has 22 heavy (non-hydrogen) atoms. The van der Waals surface area contributed by atoms with Crippen LogP contribution >= 0.6 is 0 Å². The number of rotatable bonds is 5. The van der Waals surface area contributed by atoms with Crippen LogP contribution in [0.2, 0.25) is 0 Å². The first-order chi connectivity index (χ1) is 10.5. The summed E-state index contributed by atoms with van der Waals surface area (Å²) in [5.41, 5.74) is 0.110. The molecular weight excluding hydrogens is 289 g/mol. The predicted octanol–water partition coefficient (Wildman–Crippen LogP) is 2.23. The fourth-order valence-corrected chi connectivity index (χ4v) is 1.90. The van der Waals surface area contributed by atoms with Crippen LogP contribution in [0.4, 0.5) is 10.1 Å². The van der Waals surface area contributed by atoms with Crippen LogP contribution in [0, 0.1) is 5.82 Å². The van der Waals surface area contributed by atoms with Gasteiger partial charge in [-0.1, -0.05) is 0 Å². The Morgan fingerprint density at radius 3 is 2.86 bits per heavy atom. The van der Waals surface area contributed by atoms with Gasteiger partial charge in [0.25, 0.3) is 0 Å². The monoisotopic (exact) mass is 305 g/mol. The second-order valence-electron chi connectivity index (χ2n) is 4.82. The molecule has 1 aromatic carbocycles. The Hall–Kier alpha value is -2.70. The van der Waals surface area contributed by atoms with Crippen LogP contribution in [-0.2, 0) is 16.1 Å². The Morgan fingerprint density at radius 1 is 1.45 bits per heavy atom. The lowest BCUT2D eigenvalue weighted by Gasteiger charge is -2.14. The van der Waals surface area contributed by atoms with Gasteiger partial charge in [-0.25, -0.2) is 9.18 Å². The quantitative estimate of drug-likeness (QED) is 0.860. The number of aromatic nitrogens is 2. The molecule has 1 N–H and O–H groups in total. The predicted molar refractivity (Wildman–Crippen MR) is 77.8 cm³/mol. The molecular formula is C15H16FN3O3. The van der Waals surface area contributed by atoms with Crippen LogP contribution in [0.1, 0.15) is 24.2 Å². The number of anilines is 1. The molecule has 0 fully saturated rings. The molecule has 6 nitrogen and oxygen atoms in total. The minimum absolute atomic E-state index is 0.0540. The lowest BCUT2D eigenvalue weighted by atomic mass is 10.2. The van der Waals surface area contributed by atoms with E-state index in [1.165, 1.54) is 19.1 Å². The molecule has 0 aliphatic carbocycles. The van der Waals surface area contributed by atoms with Gasteiger partial charge in [-0.15, -0.1) is 0 Å². The molecule has 7 heteroatoms. The number of benzene rings is 1. The van der Waals surface area contributed by atoms with E-state index < -0.39 is 23.8 Å². The van der Waals surface area contributed by atoms with E-state index in [0.29, 0.717) is 6.54 Å². The van der Waals surface area contributed by atoms with Gasteiger partial charge in [0.05, 0.1) is 17.8 Å². The van der Waals surface area contributed by atoms with Crippen LogP contribution in [-0.4, -0.2) is 27.8 Å². The highest BCUT2D eigenvalue weighted by Gasteiger charge is 2.15. The SMILES string of the molecule is CC(=O)Nc1cc(C(=O)O[C@@H](C)Cn2cccn2)ccc1F. The van der Waals surface area contributed by atoms with Crippen molar-refractivity contribution in [3.8, 4) is 0 Å². The highest BCUT2D eigenvalue weighted by atomic mass is 19.1. The van der Waals surface area contributed by atoms with Crippen molar-refractivity contribution in [2.24, 2.45) is 0 Å². The van der Waals surface area contributed by atoms with E-state index >= 15 is 0 Å². The van der Waals surface area contributed by atoms with Crippen LogP contribution < -0.4 is 5.32 Å². The third-order valence-corrected chi connectivity index (χ3v) is 2.82. The van der Waals surface area contributed by atoms with Gasteiger partial charge in [0, 0.05) is 19.3 Å². The highest BCUT2D eigenvalue weighted by Crippen LogP contribution is 2.17. The number of hydrogen-bond donors (Lipinski definition) is 1. The van der Waals surface area contributed by atoms with Gasteiger partial charge in [0.15, 0.2) is 0 Å². The first kappa shape index (κ1) is 15.7. The van der Waals surface area contributed by atoms with Crippen LogP contribution in [0.25, 0.3) is 0 Å². The molecule has 0 aliphatic heterocycles. The molecule has 2 aromatic rings. The minimum atomic E-state index is -0.615. The zero-order valence-corrected chi connectivity index (χ0v) is 12.2. The molecule has 1 atom stereocenters. The highest BCUT2D eigenvalue weighted by molar-refractivity contribution is 5.93. The van der Waals surface area contributed by atoms with Gasteiger partial charge in [0.2, 0.25) is 5.91 Å². The van der Waals surface area contributed by atoms with E-state index in [4.69, 9.17) is 4.74 Å². The van der Waals surface area contributed by atoms with Gasteiger partial charge in [-0.05, 0) is 31.2 Å². The average molecular weight is 305 g/mol. The third-order valence-electron chi connectivity index (χ3n) is 2.82. The average Bonchev–Trinajstić information content (AvgIpc) is 2.93. The van der Waals surface area contributed by atoms with Gasteiger partial charge in [0.1, 0.15) is 11.9 Å². The van der Waals surface area contributed by atoms with Crippen molar-refractivity contribution in [3.05, 3.63) is 48.0 Å². The van der Waals surface area contributed by atoms with Crippen LogP contribution in [0.5, 0.6) is 0 Å². The molecule has 1 heterocycles. The lowest BCUT2D eigenvalue weighted by Crippen LogP contribution is -2.21. The van der Waals surface area contributed by atoms with Crippen molar-refractivity contribution < 1.29 is 18.7 Å². The minimum Gasteiger partial charge on any atom is -0.457 e. The number of carbonyl (C=O) groups is 2. The molecule has 0 aliphatic rings. The van der Waals surface area contributed by atoms with Crippen molar-refractivity contribution in [3.63, 3.8) is 0 Å². The fourth-order valence-electron chi connectivity index (χ4n) is 1.90. The van der Waals surface area contributed by atoms with Gasteiger partial charge >= 0.3 is 5.97 Å². The second-order valence-corrected chi connectivity index (χ2v) is 4.82. The number of ether oxygens (including phenoxy) is 1. The number of nitrogens with zero attached hydrogens (tertiary/aromatic N) is 2. The maximum absolute atomic E-state index is 13.5. The molecule has 116 valence electrons. The number of hydrogen-bond acceptors (Lipinski definition) is 4. The van der Waals surface area contributed by atoms with Crippen molar-refractivity contribution in [2.75, 3.05) is 5.32 Å². The number of nitrogens with one attached hydrogen (secondary N) is 1. The summed E-state index contributed by atoms with van der Waals surface area (Å²) >= 11 is 0. The number of esters is 1. The van der Waals surface area contributed by atoms with Crippen molar-refractivity contribution in [1.82, 2.24) is 9.78 Å². The first-order valence-corrected chi connectivity index (χ1v) is 6.71. The van der Waals surface area contributed by atoms with E-state index in [9.17, 15) is 14.0 Å². The van der Waals surface area contributed by atoms with Crippen molar-refractivity contribution in [1.29, 1.82) is 0 Å². The summed E-state index contributed by atoms with van der Waals surface area (Å²) in [5.74, 6) is -1.63. The summed E-state index contributed by atoms with van der Waals surface area (Å²) in [4.78, 5) is 23.0. The molecule has 0 bridgehead atoms. The van der Waals surface area contributed by atoms with E-state index in [-0.39, 0.29) is 11.3 Å². The van der Waals surface area contributed by atoms with Crippen LogP contribution in [0.15, 0.2) is 36.7 Å². The van der Waals surface area contributed by atoms with E-state index in [1.807, 2.05) is 0 Å². The van der Waals surface area contributed by atoms with E-state index in [1.54, 1.807) is 30.1 Å². The molecule has 0 radical (unpaired) electrons. The molecule has 0 spiro atoms. The summed E-state index contributed by atoms with van der Waals surface area (Å²) in [6, 6.07) is 5.44. The van der Waals surface area contributed by atoms with E-state index in [2.05, 4.69) is 10.4 Å². The summed E-state index contributed by atoms with van der Waals surface area (Å²) < 4.78 is 20.4. The maximum atomic E-state index is 13.5. The molecule has 1 aromatic heterocycles. The largest absolute Gasteiger partial charge is 0.457 e. The number of halogens is 1.